The van der Waals surface area contributed by atoms with Gasteiger partial charge >= 0.3 is 0 Å². The SMILES string of the molecule is COC1CCCC(Oc2ccc(F)cc2Br)C1. The molecular formula is C13H16BrFO2. The van der Waals surface area contributed by atoms with Gasteiger partial charge in [0.15, 0.2) is 0 Å². The molecule has 1 saturated carbocycles. The second-order valence-corrected chi connectivity index (χ2v) is 5.19. The van der Waals surface area contributed by atoms with Crippen LogP contribution in [-0.4, -0.2) is 19.3 Å². The molecule has 0 radical (unpaired) electrons. The van der Waals surface area contributed by atoms with E-state index in [1.54, 1.807) is 13.2 Å². The van der Waals surface area contributed by atoms with Crippen LogP contribution in [0.2, 0.25) is 0 Å². The van der Waals surface area contributed by atoms with E-state index in [9.17, 15) is 4.39 Å². The van der Waals surface area contributed by atoms with Crippen molar-refractivity contribution in [3.8, 4) is 5.75 Å². The minimum Gasteiger partial charge on any atom is -0.489 e. The molecular weight excluding hydrogens is 287 g/mol. The highest BCUT2D eigenvalue weighted by Crippen LogP contribution is 2.30. The first-order valence-corrected chi connectivity index (χ1v) is 6.63. The maximum Gasteiger partial charge on any atom is 0.134 e. The average Bonchev–Trinajstić information content (AvgIpc) is 2.33. The van der Waals surface area contributed by atoms with Gasteiger partial charge in [0.25, 0.3) is 0 Å². The summed E-state index contributed by atoms with van der Waals surface area (Å²) in [4.78, 5) is 0. The second kappa shape index (κ2) is 5.83. The highest BCUT2D eigenvalue weighted by molar-refractivity contribution is 9.10. The molecule has 0 bridgehead atoms. The van der Waals surface area contributed by atoms with Gasteiger partial charge in [-0.3, -0.25) is 0 Å². The molecule has 0 saturated heterocycles. The summed E-state index contributed by atoms with van der Waals surface area (Å²) in [5, 5.41) is 0. The van der Waals surface area contributed by atoms with Crippen molar-refractivity contribution in [1.82, 2.24) is 0 Å². The van der Waals surface area contributed by atoms with Crippen molar-refractivity contribution < 1.29 is 13.9 Å². The average molecular weight is 303 g/mol. The van der Waals surface area contributed by atoms with Gasteiger partial charge in [0, 0.05) is 13.5 Å². The van der Waals surface area contributed by atoms with Crippen LogP contribution in [-0.2, 0) is 4.74 Å². The lowest BCUT2D eigenvalue weighted by Crippen LogP contribution is -2.29. The van der Waals surface area contributed by atoms with Gasteiger partial charge in [-0.05, 0) is 53.4 Å². The van der Waals surface area contributed by atoms with E-state index in [0.717, 1.165) is 25.7 Å². The van der Waals surface area contributed by atoms with E-state index in [4.69, 9.17) is 9.47 Å². The zero-order chi connectivity index (χ0) is 12.3. The minimum atomic E-state index is -0.261. The minimum absolute atomic E-state index is 0.162. The lowest BCUT2D eigenvalue weighted by molar-refractivity contribution is 0.0207. The number of hydrogen-bond donors (Lipinski definition) is 0. The molecule has 2 unspecified atom stereocenters. The van der Waals surface area contributed by atoms with Crippen molar-refractivity contribution >= 4 is 15.9 Å². The maximum atomic E-state index is 12.9. The predicted octanol–water partition coefficient (Wildman–Crippen LogP) is 3.92. The van der Waals surface area contributed by atoms with Crippen LogP contribution >= 0.6 is 15.9 Å². The van der Waals surface area contributed by atoms with Crippen LogP contribution in [0, 0.1) is 5.82 Å². The zero-order valence-electron chi connectivity index (χ0n) is 9.79. The Morgan fingerprint density at radius 3 is 2.76 bits per heavy atom. The number of ether oxygens (including phenoxy) is 2. The first-order valence-electron chi connectivity index (χ1n) is 5.83. The molecule has 2 atom stereocenters. The molecule has 0 aliphatic heterocycles. The van der Waals surface area contributed by atoms with Gasteiger partial charge in [0.2, 0.25) is 0 Å². The van der Waals surface area contributed by atoms with Gasteiger partial charge in [0.1, 0.15) is 17.7 Å². The van der Waals surface area contributed by atoms with Crippen LogP contribution < -0.4 is 4.74 Å². The lowest BCUT2D eigenvalue weighted by Gasteiger charge is -2.29. The highest BCUT2D eigenvalue weighted by atomic mass is 79.9. The van der Waals surface area contributed by atoms with Crippen molar-refractivity contribution in [3.63, 3.8) is 0 Å². The molecule has 0 spiro atoms. The summed E-state index contributed by atoms with van der Waals surface area (Å²) in [6.45, 7) is 0. The molecule has 0 aromatic heterocycles. The Morgan fingerprint density at radius 1 is 1.29 bits per heavy atom. The van der Waals surface area contributed by atoms with Gasteiger partial charge < -0.3 is 9.47 Å². The van der Waals surface area contributed by atoms with Gasteiger partial charge in [-0.25, -0.2) is 4.39 Å². The second-order valence-electron chi connectivity index (χ2n) is 4.34. The molecule has 0 heterocycles. The molecule has 2 rings (SSSR count). The molecule has 4 heteroatoms. The summed E-state index contributed by atoms with van der Waals surface area (Å²) in [6, 6.07) is 4.50. The van der Waals surface area contributed by atoms with Crippen LogP contribution in [0.3, 0.4) is 0 Å². The van der Waals surface area contributed by atoms with E-state index in [1.165, 1.54) is 12.1 Å². The smallest absolute Gasteiger partial charge is 0.134 e. The monoisotopic (exact) mass is 302 g/mol. The third kappa shape index (κ3) is 3.42. The van der Waals surface area contributed by atoms with Crippen molar-refractivity contribution in [3.05, 3.63) is 28.5 Å². The number of rotatable bonds is 3. The van der Waals surface area contributed by atoms with Crippen LogP contribution in [0.25, 0.3) is 0 Å². The molecule has 17 heavy (non-hydrogen) atoms. The zero-order valence-corrected chi connectivity index (χ0v) is 11.4. The van der Waals surface area contributed by atoms with Crippen LogP contribution in [0.1, 0.15) is 25.7 Å². The summed E-state index contributed by atoms with van der Waals surface area (Å²) < 4.78 is 24.8. The number of halogens is 2. The van der Waals surface area contributed by atoms with Crippen molar-refractivity contribution in [1.29, 1.82) is 0 Å². The van der Waals surface area contributed by atoms with Gasteiger partial charge in [-0.15, -0.1) is 0 Å². The summed E-state index contributed by atoms with van der Waals surface area (Å²) in [6.07, 6.45) is 4.59. The summed E-state index contributed by atoms with van der Waals surface area (Å²) in [5.41, 5.74) is 0. The molecule has 1 aliphatic carbocycles. The number of benzene rings is 1. The molecule has 2 nitrogen and oxygen atoms in total. The van der Waals surface area contributed by atoms with Crippen molar-refractivity contribution in [2.75, 3.05) is 7.11 Å². The summed E-state index contributed by atoms with van der Waals surface area (Å²) >= 11 is 3.31. The topological polar surface area (TPSA) is 18.5 Å². The largest absolute Gasteiger partial charge is 0.489 e. The standard InChI is InChI=1S/C13H16BrFO2/c1-16-10-3-2-4-11(8-10)17-13-6-5-9(15)7-12(13)14/h5-7,10-11H,2-4,8H2,1H3. The third-order valence-corrected chi connectivity index (χ3v) is 3.72. The fourth-order valence-electron chi connectivity index (χ4n) is 2.17. The summed E-state index contributed by atoms with van der Waals surface area (Å²) in [5.74, 6) is 0.441. The first-order chi connectivity index (χ1) is 8.19. The summed E-state index contributed by atoms with van der Waals surface area (Å²) in [7, 11) is 1.74. The van der Waals surface area contributed by atoms with Gasteiger partial charge in [-0.1, -0.05) is 0 Å². The van der Waals surface area contributed by atoms with Crippen LogP contribution in [0.15, 0.2) is 22.7 Å². The van der Waals surface area contributed by atoms with Crippen LogP contribution in [0.4, 0.5) is 4.39 Å². The van der Waals surface area contributed by atoms with E-state index in [0.29, 0.717) is 10.2 Å². The quantitative estimate of drug-likeness (QED) is 0.842. The Kier molecular flexibility index (Phi) is 4.40. The predicted molar refractivity (Wildman–Crippen MR) is 67.8 cm³/mol. The molecule has 1 aromatic rings. The fraction of sp³-hybridized carbons (Fsp3) is 0.538. The molecule has 0 amide bonds. The molecule has 1 aromatic carbocycles. The van der Waals surface area contributed by atoms with E-state index in [-0.39, 0.29) is 18.0 Å². The Balaban J connectivity index is 2.00. The van der Waals surface area contributed by atoms with Crippen molar-refractivity contribution in [2.24, 2.45) is 0 Å². The number of hydrogen-bond acceptors (Lipinski definition) is 2. The fourth-order valence-corrected chi connectivity index (χ4v) is 2.62. The van der Waals surface area contributed by atoms with E-state index in [2.05, 4.69) is 15.9 Å². The van der Waals surface area contributed by atoms with E-state index >= 15 is 0 Å². The Bertz CT molecular complexity index is 384. The Morgan fingerprint density at radius 2 is 2.06 bits per heavy atom. The Labute approximate surface area is 109 Å². The van der Waals surface area contributed by atoms with E-state index < -0.39 is 0 Å². The molecule has 1 fully saturated rings. The lowest BCUT2D eigenvalue weighted by atomic mass is 9.95. The highest BCUT2D eigenvalue weighted by Gasteiger charge is 2.23. The van der Waals surface area contributed by atoms with Gasteiger partial charge in [-0.2, -0.15) is 0 Å². The molecule has 1 aliphatic rings. The molecule has 94 valence electrons. The van der Waals surface area contributed by atoms with Crippen LogP contribution in [0.5, 0.6) is 5.75 Å². The van der Waals surface area contributed by atoms with Gasteiger partial charge in [0.05, 0.1) is 10.6 Å². The Hall–Kier alpha value is -0.610. The van der Waals surface area contributed by atoms with Crippen molar-refractivity contribution in [2.45, 2.75) is 37.9 Å². The first kappa shape index (κ1) is 12.8. The normalized spacial score (nSPS) is 24.6. The van der Waals surface area contributed by atoms with E-state index in [1.807, 2.05) is 0 Å². The number of methoxy groups -OCH3 is 1. The molecule has 0 N–H and O–H groups in total. The third-order valence-electron chi connectivity index (χ3n) is 3.10. The maximum absolute atomic E-state index is 12.9.